The lowest BCUT2D eigenvalue weighted by molar-refractivity contribution is -0.137. The molecule has 0 bridgehead atoms. The number of carbonyl (C=O) groups is 2. The Hall–Kier alpha value is -3.08. The number of benzene rings is 1. The summed E-state index contributed by atoms with van der Waals surface area (Å²) in [5.41, 5.74) is 0.799. The Balaban J connectivity index is 2.03. The SMILES string of the molecule is COc1ccc(C)cc1NC(=O)CSc1nnc(CCC(=O)O)c(=O)n1N. The van der Waals surface area contributed by atoms with Gasteiger partial charge in [-0.1, -0.05) is 17.8 Å². The van der Waals surface area contributed by atoms with Crippen molar-refractivity contribution in [2.24, 2.45) is 0 Å². The van der Waals surface area contributed by atoms with Gasteiger partial charge in [0, 0.05) is 6.42 Å². The fourth-order valence-electron chi connectivity index (χ4n) is 2.14. The lowest BCUT2D eigenvalue weighted by Crippen LogP contribution is -2.34. The molecular weight excluding hydrogens is 374 g/mol. The quantitative estimate of drug-likeness (QED) is 0.428. The van der Waals surface area contributed by atoms with E-state index in [0.717, 1.165) is 22.0 Å². The minimum absolute atomic E-state index is 0.0433. The van der Waals surface area contributed by atoms with Gasteiger partial charge in [-0.15, -0.1) is 10.2 Å². The van der Waals surface area contributed by atoms with Gasteiger partial charge in [-0.05, 0) is 24.6 Å². The summed E-state index contributed by atoms with van der Waals surface area (Å²) in [6.45, 7) is 1.89. The van der Waals surface area contributed by atoms with Crippen LogP contribution in [0, 0.1) is 6.92 Å². The first-order chi connectivity index (χ1) is 12.8. The highest BCUT2D eigenvalue weighted by Crippen LogP contribution is 2.25. The van der Waals surface area contributed by atoms with Gasteiger partial charge in [-0.2, -0.15) is 4.68 Å². The number of carbonyl (C=O) groups excluding carboxylic acids is 1. The van der Waals surface area contributed by atoms with E-state index in [0.29, 0.717) is 11.4 Å². The molecule has 4 N–H and O–H groups in total. The fraction of sp³-hybridized carbons (Fsp3) is 0.312. The van der Waals surface area contributed by atoms with E-state index in [9.17, 15) is 14.4 Å². The normalized spacial score (nSPS) is 10.4. The maximum atomic E-state index is 12.2. The van der Waals surface area contributed by atoms with Crippen LogP contribution in [-0.4, -0.2) is 44.7 Å². The minimum atomic E-state index is -1.05. The van der Waals surface area contributed by atoms with Crippen molar-refractivity contribution in [1.29, 1.82) is 0 Å². The summed E-state index contributed by atoms with van der Waals surface area (Å²) in [6, 6.07) is 5.38. The van der Waals surface area contributed by atoms with E-state index in [-0.39, 0.29) is 35.4 Å². The Morgan fingerprint density at radius 3 is 2.78 bits per heavy atom. The first-order valence-corrected chi connectivity index (χ1v) is 8.83. The average Bonchev–Trinajstić information content (AvgIpc) is 2.62. The number of anilines is 1. The molecule has 1 amide bonds. The molecule has 0 saturated carbocycles. The third-order valence-electron chi connectivity index (χ3n) is 3.47. The predicted octanol–water partition coefficient (Wildman–Crippen LogP) is 0.417. The largest absolute Gasteiger partial charge is 0.495 e. The second kappa shape index (κ2) is 9.03. The van der Waals surface area contributed by atoms with Crippen LogP contribution in [0.15, 0.2) is 28.2 Å². The molecule has 0 fully saturated rings. The van der Waals surface area contributed by atoms with Crippen LogP contribution in [0.25, 0.3) is 0 Å². The van der Waals surface area contributed by atoms with E-state index in [4.69, 9.17) is 15.7 Å². The van der Waals surface area contributed by atoms with Gasteiger partial charge in [0.2, 0.25) is 11.1 Å². The number of thioether (sulfide) groups is 1. The molecule has 0 unspecified atom stereocenters. The molecule has 0 saturated heterocycles. The number of aliphatic carboxylic acids is 1. The fourth-order valence-corrected chi connectivity index (χ4v) is 2.79. The van der Waals surface area contributed by atoms with Crippen LogP contribution in [0.2, 0.25) is 0 Å². The van der Waals surface area contributed by atoms with E-state index in [2.05, 4.69) is 15.5 Å². The van der Waals surface area contributed by atoms with Crippen LogP contribution in [-0.2, 0) is 16.0 Å². The van der Waals surface area contributed by atoms with Crippen molar-refractivity contribution in [2.75, 3.05) is 24.0 Å². The number of nitrogens with one attached hydrogen (secondary N) is 1. The second-order valence-electron chi connectivity index (χ2n) is 5.54. The maximum absolute atomic E-state index is 12.2. The molecule has 0 aliphatic heterocycles. The average molecular weight is 393 g/mol. The van der Waals surface area contributed by atoms with Crippen molar-refractivity contribution in [3.05, 3.63) is 39.8 Å². The van der Waals surface area contributed by atoms with Gasteiger partial charge < -0.3 is 21.0 Å². The Morgan fingerprint density at radius 1 is 1.37 bits per heavy atom. The molecule has 11 heteroatoms. The lowest BCUT2D eigenvalue weighted by Gasteiger charge is -2.11. The zero-order valence-corrected chi connectivity index (χ0v) is 15.6. The van der Waals surface area contributed by atoms with Gasteiger partial charge in [-0.3, -0.25) is 14.4 Å². The van der Waals surface area contributed by atoms with Crippen LogP contribution in [0.4, 0.5) is 5.69 Å². The molecule has 27 heavy (non-hydrogen) atoms. The molecule has 0 radical (unpaired) electrons. The third-order valence-corrected chi connectivity index (χ3v) is 4.41. The Bertz CT molecular complexity index is 915. The van der Waals surface area contributed by atoms with Crippen molar-refractivity contribution < 1.29 is 19.4 Å². The third kappa shape index (κ3) is 5.45. The molecule has 0 aliphatic carbocycles. The van der Waals surface area contributed by atoms with E-state index >= 15 is 0 Å². The van der Waals surface area contributed by atoms with Crippen LogP contribution >= 0.6 is 11.8 Å². The summed E-state index contributed by atoms with van der Waals surface area (Å²) in [5, 5.41) is 18.9. The van der Waals surface area contributed by atoms with E-state index in [1.807, 2.05) is 13.0 Å². The molecule has 0 atom stereocenters. The van der Waals surface area contributed by atoms with Gasteiger partial charge in [0.05, 0.1) is 25.0 Å². The summed E-state index contributed by atoms with van der Waals surface area (Å²) in [5.74, 6) is 4.75. The molecule has 144 valence electrons. The number of hydrogen-bond acceptors (Lipinski definition) is 8. The molecule has 0 spiro atoms. The summed E-state index contributed by atoms with van der Waals surface area (Å²) in [6.07, 6.45) is -0.325. The van der Waals surface area contributed by atoms with Gasteiger partial charge in [0.15, 0.2) is 0 Å². The van der Waals surface area contributed by atoms with E-state index < -0.39 is 11.5 Å². The number of carboxylic acid groups (broad SMARTS) is 1. The lowest BCUT2D eigenvalue weighted by atomic mass is 10.2. The highest BCUT2D eigenvalue weighted by atomic mass is 32.2. The topological polar surface area (TPSA) is 149 Å². The van der Waals surface area contributed by atoms with Crippen LogP contribution in [0.5, 0.6) is 5.75 Å². The van der Waals surface area contributed by atoms with Crippen molar-refractivity contribution in [1.82, 2.24) is 14.9 Å². The van der Waals surface area contributed by atoms with Crippen LogP contribution in [0.1, 0.15) is 17.7 Å². The highest BCUT2D eigenvalue weighted by molar-refractivity contribution is 7.99. The van der Waals surface area contributed by atoms with Crippen molar-refractivity contribution in [3.63, 3.8) is 0 Å². The number of amides is 1. The Morgan fingerprint density at radius 2 is 2.11 bits per heavy atom. The van der Waals surface area contributed by atoms with Crippen LogP contribution < -0.4 is 21.5 Å². The molecule has 1 aromatic carbocycles. The number of rotatable bonds is 8. The number of nitrogen functional groups attached to an aromatic ring is 1. The number of aryl methyl sites for hydroxylation is 2. The van der Waals surface area contributed by atoms with Crippen molar-refractivity contribution in [3.8, 4) is 5.75 Å². The standard InChI is InChI=1S/C16H19N5O5S/c1-9-3-5-12(26-2)11(7-9)18-13(22)8-27-16-20-19-10(4-6-14(23)24)15(25)21(16)17/h3,5,7H,4,6,8,17H2,1-2H3,(H,18,22)(H,23,24). The Labute approximate surface area is 158 Å². The smallest absolute Gasteiger partial charge is 0.303 e. The number of hydrogen-bond donors (Lipinski definition) is 3. The summed E-state index contributed by atoms with van der Waals surface area (Å²) < 4.78 is 5.96. The number of nitrogens with two attached hydrogens (primary N) is 1. The number of aromatic nitrogens is 3. The van der Waals surface area contributed by atoms with Crippen molar-refractivity contribution >= 4 is 29.3 Å². The summed E-state index contributed by atoms with van der Waals surface area (Å²) >= 11 is 0.934. The molecule has 2 aromatic rings. The van der Waals surface area contributed by atoms with Gasteiger partial charge in [-0.25, -0.2) is 0 Å². The number of carboxylic acids is 1. The minimum Gasteiger partial charge on any atom is -0.495 e. The zero-order chi connectivity index (χ0) is 20.0. The van der Waals surface area contributed by atoms with Gasteiger partial charge in [0.25, 0.3) is 5.56 Å². The van der Waals surface area contributed by atoms with Crippen LogP contribution in [0.3, 0.4) is 0 Å². The number of ether oxygens (including phenoxy) is 1. The molecule has 2 rings (SSSR count). The molecule has 1 aromatic heterocycles. The molecule has 10 nitrogen and oxygen atoms in total. The molecule has 0 aliphatic rings. The number of methoxy groups -OCH3 is 1. The number of nitrogens with zero attached hydrogens (tertiary/aromatic N) is 3. The van der Waals surface area contributed by atoms with E-state index in [1.165, 1.54) is 7.11 Å². The second-order valence-corrected chi connectivity index (χ2v) is 6.48. The predicted molar refractivity (Wildman–Crippen MR) is 99.5 cm³/mol. The first-order valence-electron chi connectivity index (χ1n) is 7.84. The zero-order valence-electron chi connectivity index (χ0n) is 14.8. The molecular formula is C16H19N5O5S. The highest BCUT2D eigenvalue weighted by Gasteiger charge is 2.14. The monoisotopic (exact) mass is 393 g/mol. The van der Waals surface area contributed by atoms with Crippen molar-refractivity contribution in [2.45, 2.75) is 24.9 Å². The summed E-state index contributed by atoms with van der Waals surface area (Å²) in [4.78, 5) is 34.8. The van der Waals surface area contributed by atoms with Gasteiger partial charge >= 0.3 is 5.97 Å². The molecule has 1 heterocycles. The van der Waals surface area contributed by atoms with E-state index in [1.54, 1.807) is 12.1 Å². The first kappa shape index (κ1) is 20.2. The maximum Gasteiger partial charge on any atom is 0.303 e. The summed E-state index contributed by atoms with van der Waals surface area (Å²) in [7, 11) is 1.50. The van der Waals surface area contributed by atoms with Gasteiger partial charge in [0.1, 0.15) is 11.4 Å². The Kier molecular flexibility index (Phi) is 6.77.